The van der Waals surface area contributed by atoms with Gasteiger partial charge in [-0.1, -0.05) is 26.0 Å². The van der Waals surface area contributed by atoms with Gasteiger partial charge in [0.2, 0.25) is 0 Å². The van der Waals surface area contributed by atoms with Gasteiger partial charge in [0.1, 0.15) is 12.1 Å². The number of nitrogens with one attached hydrogen (secondary N) is 1. The number of aromatic amines is 1. The number of para-hydroxylation sites is 2. The minimum Gasteiger partial charge on any atom is -0.342 e. The van der Waals surface area contributed by atoms with Gasteiger partial charge < -0.3 is 9.78 Å². The van der Waals surface area contributed by atoms with E-state index in [1.54, 1.807) is 0 Å². The molecule has 1 aromatic heterocycles. The normalized spacial score (nSPS) is 11.9. The number of nitrogens with zero attached hydrogens (tertiary/aromatic N) is 1. The third-order valence-corrected chi connectivity index (χ3v) is 2.38. The van der Waals surface area contributed by atoms with Crippen molar-refractivity contribution in [1.29, 1.82) is 0 Å². The van der Waals surface area contributed by atoms with Crippen LogP contribution >= 0.6 is 0 Å². The molecule has 0 atom stereocenters. The van der Waals surface area contributed by atoms with Gasteiger partial charge in [-0.15, -0.1) is 0 Å². The Kier molecular flexibility index (Phi) is 2.31. The van der Waals surface area contributed by atoms with Gasteiger partial charge in [-0.05, 0) is 12.1 Å². The molecule has 0 unspecified atom stereocenters. The number of rotatable bonds is 3. The number of imidazole rings is 1. The Hall–Kier alpha value is -1.64. The molecule has 0 saturated carbocycles. The van der Waals surface area contributed by atoms with Crippen LogP contribution in [0.4, 0.5) is 0 Å². The Labute approximate surface area is 88.5 Å². The Balaban J connectivity index is 2.33. The lowest BCUT2D eigenvalue weighted by atomic mass is 9.91. The van der Waals surface area contributed by atoms with Crippen molar-refractivity contribution in [3.8, 4) is 0 Å². The smallest absolute Gasteiger partial charge is 0.126 e. The zero-order chi connectivity index (χ0) is 10.9. The number of carbonyl (C=O) groups excluding carboxylic acids is 1. The predicted molar refractivity (Wildman–Crippen MR) is 59.6 cm³/mol. The maximum Gasteiger partial charge on any atom is 0.126 e. The molecule has 3 heteroatoms. The minimum atomic E-state index is -0.353. The van der Waals surface area contributed by atoms with Gasteiger partial charge >= 0.3 is 0 Å². The van der Waals surface area contributed by atoms with Gasteiger partial charge in [0.15, 0.2) is 0 Å². The number of aldehydes is 1. The summed E-state index contributed by atoms with van der Waals surface area (Å²) in [4.78, 5) is 18.5. The zero-order valence-corrected chi connectivity index (χ0v) is 8.95. The summed E-state index contributed by atoms with van der Waals surface area (Å²) < 4.78 is 0. The molecule has 0 aliphatic rings. The molecule has 0 saturated heterocycles. The van der Waals surface area contributed by atoms with E-state index >= 15 is 0 Å². The van der Waals surface area contributed by atoms with Crippen LogP contribution in [0.2, 0.25) is 0 Å². The molecule has 0 spiro atoms. The Morgan fingerprint density at radius 2 is 2.13 bits per heavy atom. The molecule has 0 fully saturated rings. The molecular formula is C12H14N2O. The highest BCUT2D eigenvalue weighted by molar-refractivity contribution is 5.74. The van der Waals surface area contributed by atoms with E-state index in [-0.39, 0.29) is 5.41 Å². The molecule has 2 aromatic rings. The van der Waals surface area contributed by atoms with Gasteiger partial charge in [-0.3, -0.25) is 0 Å². The summed E-state index contributed by atoms with van der Waals surface area (Å²) in [6.45, 7) is 3.82. The third-order valence-electron chi connectivity index (χ3n) is 2.38. The van der Waals surface area contributed by atoms with Crippen LogP contribution in [0.15, 0.2) is 24.3 Å². The molecular weight excluding hydrogens is 188 g/mol. The Morgan fingerprint density at radius 3 is 2.80 bits per heavy atom. The second-order valence-corrected chi connectivity index (χ2v) is 4.48. The average Bonchev–Trinajstić information content (AvgIpc) is 2.58. The maximum atomic E-state index is 10.8. The third kappa shape index (κ3) is 2.06. The van der Waals surface area contributed by atoms with E-state index < -0.39 is 0 Å². The zero-order valence-electron chi connectivity index (χ0n) is 8.95. The van der Waals surface area contributed by atoms with E-state index in [0.29, 0.717) is 6.42 Å². The van der Waals surface area contributed by atoms with Crippen LogP contribution in [0.3, 0.4) is 0 Å². The first-order valence-corrected chi connectivity index (χ1v) is 5.01. The van der Waals surface area contributed by atoms with Gasteiger partial charge in [-0.2, -0.15) is 0 Å². The summed E-state index contributed by atoms with van der Waals surface area (Å²) in [6, 6.07) is 7.87. The van der Waals surface area contributed by atoms with Gasteiger partial charge in [0, 0.05) is 11.8 Å². The molecule has 0 radical (unpaired) electrons. The summed E-state index contributed by atoms with van der Waals surface area (Å²) in [5, 5.41) is 0. The van der Waals surface area contributed by atoms with Crippen molar-refractivity contribution in [2.45, 2.75) is 20.3 Å². The summed E-state index contributed by atoms with van der Waals surface area (Å²) in [6.07, 6.45) is 1.62. The van der Waals surface area contributed by atoms with Crippen LogP contribution in [0.1, 0.15) is 19.7 Å². The lowest BCUT2D eigenvalue weighted by Crippen LogP contribution is -2.17. The monoisotopic (exact) mass is 202 g/mol. The fraction of sp³-hybridized carbons (Fsp3) is 0.333. The predicted octanol–water partition coefficient (Wildman–Crippen LogP) is 2.33. The lowest BCUT2D eigenvalue weighted by molar-refractivity contribution is -0.114. The standard InChI is InChI=1S/C12H14N2O/c1-12(2,8-15)7-11-13-9-5-3-4-6-10(9)14-11/h3-6,8H,7H2,1-2H3,(H,13,14). The quantitative estimate of drug-likeness (QED) is 0.776. The molecule has 3 nitrogen and oxygen atoms in total. The van der Waals surface area contributed by atoms with E-state index in [2.05, 4.69) is 9.97 Å². The molecule has 78 valence electrons. The molecule has 0 aliphatic carbocycles. The summed E-state index contributed by atoms with van der Waals surface area (Å²) in [5.74, 6) is 0.869. The number of hydrogen-bond acceptors (Lipinski definition) is 2. The number of H-pyrrole nitrogens is 1. The first-order chi connectivity index (χ1) is 7.11. The molecule has 2 rings (SSSR count). The molecule has 0 amide bonds. The van der Waals surface area contributed by atoms with E-state index in [4.69, 9.17) is 0 Å². The van der Waals surface area contributed by atoms with Crippen molar-refractivity contribution in [2.75, 3.05) is 0 Å². The number of fused-ring (bicyclic) bond motifs is 1. The van der Waals surface area contributed by atoms with Crippen LogP contribution in [-0.4, -0.2) is 16.3 Å². The van der Waals surface area contributed by atoms with Crippen LogP contribution in [0, 0.1) is 5.41 Å². The van der Waals surface area contributed by atoms with Crippen molar-refractivity contribution >= 4 is 17.3 Å². The number of benzene rings is 1. The van der Waals surface area contributed by atoms with Crippen molar-refractivity contribution in [1.82, 2.24) is 9.97 Å². The molecule has 1 heterocycles. The molecule has 0 aliphatic heterocycles. The first-order valence-electron chi connectivity index (χ1n) is 5.01. The number of aromatic nitrogens is 2. The van der Waals surface area contributed by atoms with Crippen LogP contribution in [-0.2, 0) is 11.2 Å². The van der Waals surface area contributed by atoms with E-state index in [1.807, 2.05) is 38.1 Å². The molecule has 15 heavy (non-hydrogen) atoms. The van der Waals surface area contributed by atoms with E-state index in [9.17, 15) is 4.79 Å². The average molecular weight is 202 g/mol. The van der Waals surface area contributed by atoms with Crippen LogP contribution < -0.4 is 0 Å². The van der Waals surface area contributed by atoms with Crippen molar-refractivity contribution in [2.24, 2.45) is 5.41 Å². The Bertz CT molecular complexity index is 452. The summed E-state index contributed by atoms with van der Waals surface area (Å²) in [7, 11) is 0. The molecule has 0 bridgehead atoms. The topological polar surface area (TPSA) is 45.8 Å². The Morgan fingerprint density at radius 1 is 1.40 bits per heavy atom. The highest BCUT2D eigenvalue weighted by Gasteiger charge is 2.19. The fourth-order valence-electron chi connectivity index (χ4n) is 1.56. The second-order valence-electron chi connectivity index (χ2n) is 4.48. The lowest BCUT2D eigenvalue weighted by Gasteiger charge is -2.13. The minimum absolute atomic E-state index is 0.353. The van der Waals surface area contributed by atoms with Crippen LogP contribution in [0.25, 0.3) is 11.0 Å². The first kappa shape index (κ1) is 9.90. The summed E-state index contributed by atoms with van der Waals surface area (Å²) >= 11 is 0. The highest BCUT2D eigenvalue weighted by atomic mass is 16.1. The second kappa shape index (κ2) is 3.50. The molecule has 1 aromatic carbocycles. The highest BCUT2D eigenvalue weighted by Crippen LogP contribution is 2.19. The van der Waals surface area contributed by atoms with Crippen molar-refractivity contribution < 1.29 is 4.79 Å². The van der Waals surface area contributed by atoms with E-state index in [1.165, 1.54) is 0 Å². The fourth-order valence-corrected chi connectivity index (χ4v) is 1.56. The number of carbonyl (C=O) groups is 1. The van der Waals surface area contributed by atoms with Gasteiger partial charge in [0.25, 0.3) is 0 Å². The van der Waals surface area contributed by atoms with Gasteiger partial charge in [-0.25, -0.2) is 4.98 Å². The maximum absolute atomic E-state index is 10.8. The van der Waals surface area contributed by atoms with Crippen LogP contribution in [0.5, 0.6) is 0 Å². The molecule has 1 N–H and O–H groups in total. The van der Waals surface area contributed by atoms with Crippen molar-refractivity contribution in [3.05, 3.63) is 30.1 Å². The number of hydrogen-bond donors (Lipinski definition) is 1. The van der Waals surface area contributed by atoms with E-state index in [0.717, 1.165) is 23.1 Å². The van der Waals surface area contributed by atoms with Gasteiger partial charge in [0.05, 0.1) is 11.0 Å². The van der Waals surface area contributed by atoms with Crippen molar-refractivity contribution in [3.63, 3.8) is 0 Å². The summed E-state index contributed by atoms with van der Waals surface area (Å²) in [5.41, 5.74) is 1.62. The largest absolute Gasteiger partial charge is 0.342 e. The SMILES string of the molecule is CC(C)(C=O)Cc1nc2ccccc2[nH]1.